The normalized spacial score (nSPS) is 21.9. The fraction of sp³-hybridized carbons (Fsp3) is 0.429. The molecule has 1 heterocycles. The van der Waals surface area contributed by atoms with Crippen LogP contribution in [0, 0.1) is 11.2 Å². The smallest absolute Gasteiger partial charge is 0.324 e. The summed E-state index contributed by atoms with van der Waals surface area (Å²) in [4.78, 5) is 26.1. The second-order valence-corrected chi connectivity index (χ2v) is 5.33. The van der Waals surface area contributed by atoms with Gasteiger partial charge in [0.2, 0.25) is 0 Å². The van der Waals surface area contributed by atoms with Crippen molar-refractivity contribution in [3.8, 4) is 0 Å². The Hall–Kier alpha value is -2.11. The molecule has 0 saturated carbocycles. The van der Waals surface area contributed by atoms with Crippen LogP contribution in [0.5, 0.6) is 0 Å². The van der Waals surface area contributed by atoms with Crippen LogP contribution in [0.15, 0.2) is 24.3 Å². The number of carboxylic acids is 1. The Kier molecular flexibility index (Phi) is 3.65. The lowest BCUT2D eigenvalue weighted by atomic mass is 9.90. The molecule has 1 atom stereocenters. The maximum Gasteiger partial charge on any atom is 0.324 e. The quantitative estimate of drug-likeness (QED) is 0.903. The first-order valence-corrected chi connectivity index (χ1v) is 6.36. The predicted molar refractivity (Wildman–Crippen MR) is 72.1 cm³/mol. The molecular formula is C14H17FN2O3. The maximum absolute atomic E-state index is 13.7. The highest BCUT2D eigenvalue weighted by molar-refractivity contribution is 5.92. The van der Waals surface area contributed by atoms with E-state index in [0.29, 0.717) is 13.0 Å². The van der Waals surface area contributed by atoms with E-state index in [4.69, 9.17) is 5.11 Å². The highest BCUT2D eigenvalue weighted by Crippen LogP contribution is 2.31. The van der Waals surface area contributed by atoms with Gasteiger partial charge >= 0.3 is 12.0 Å². The number of carbonyl (C=O) groups excluding carboxylic acids is 1. The van der Waals surface area contributed by atoms with E-state index in [0.717, 1.165) is 0 Å². The molecule has 1 aromatic carbocycles. The Morgan fingerprint density at radius 2 is 2.05 bits per heavy atom. The topological polar surface area (TPSA) is 60.9 Å². The molecule has 1 aromatic rings. The lowest BCUT2D eigenvalue weighted by molar-refractivity contribution is -0.146. The van der Waals surface area contributed by atoms with E-state index in [2.05, 4.69) is 0 Å². The molecule has 1 unspecified atom stereocenters. The average molecular weight is 280 g/mol. The molecule has 0 aliphatic carbocycles. The van der Waals surface area contributed by atoms with Crippen molar-refractivity contribution in [1.29, 1.82) is 0 Å². The van der Waals surface area contributed by atoms with Crippen LogP contribution in [0.1, 0.15) is 13.3 Å². The number of hydrogen-bond acceptors (Lipinski definition) is 2. The van der Waals surface area contributed by atoms with Crippen molar-refractivity contribution in [3.05, 3.63) is 30.1 Å². The number of aliphatic carboxylic acids is 1. The van der Waals surface area contributed by atoms with Gasteiger partial charge in [0, 0.05) is 20.1 Å². The molecule has 1 aliphatic heterocycles. The van der Waals surface area contributed by atoms with Gasteiger partial charge in [0.1, 0.15) is 5.82 Å². The number of likely N-dealkylation sites (tertiary alicyclic amines) is 1. The summed E-state index contributed by atoms with van der Waals surface area (Å²) in [6.07, 6.45) is 0.402. The zero-order chi connectivity index (χ0) is 14.9. The molecule has 6 heteroatoms. The van der Waals surface area contributed by atoms with E-state index in [1.165, 1.54) is 29.0 Å². The Labute approximate surface area is 116 Å². The second-order valence-electron chi connectivity index (χ2n) is 5.33. The van der Waals surface area contributed by atoms with Gasteiger partial charge in [-0.05, 0) is 25.5 Å². The van der Waals surface area contributed by atoms with Gasteiger partial charge in [0.25, 0.3) is 0 Å². The average Bonchev–Trinajstić information content (AvgIpc) is 2.82. The number of benzene rings is 1. The van der Waals surface area contributed by atoms with Gasteiger partial charge in [-0.2, -0.15) is 0 Å². The third-order valence-electron chi connectivity index (χ3n) is 3.76. The number of anilines is 1. The van der Waals surface area contributed by atoms with Crippen molar-refractivity contribution in [1.82, 2.24) is 4.90 Å². The summed E-state index contributed by atoms with van der Waals surface area (Å²) in [6.45, 7) is 2.12. The van der Waals surface area contributed by atoms with Crippen LogP contribution in [0.25, 0.3) is 0 Å². The highest BCUT2D eigenvalue weighted by atomic mass is 19.1. The number of nitrogens with zero attached hydrogens (tertiary/aromatic N) is 2. The summed E-state index contributed by atoms with van der Waals surface area (Å²) in [5.74, 6) is -1.40. The molecule has 0 radical (unpaired) electrons. The number of carbonyl (C=O) groups is 2. The van der Waals surface area contributed by atoms with Crippen molar-refractivity contribution in [2.24, 2.45) is 5.41 Å². The van der Waals surface area contributed by atoms with Crippen molar-refractivity contribution < 1.29 is 19.1 Å². The number of carboxylic acid groups (broad SMARTS) is 1. The fourth-order valence-electron chi connectivity index (χ4n) is 2.34. The molecule has 1 aliphatic rings. The van der Waals surface area contributed by atoms with Gasteiger partial charge in [-0.25, -0.2) is 9.18 Å². The van der Waals surface area contributed by atoms with Crippen LogP contribution in [-0.2, 0) is 4.79 Å². The maximum atomic E-state index is 13.7. The molecule has 108 valence electrons. The fourth-order valence-corrected chi connectivity index (χ4v) is 2.34. The Morgan fingerprint density at radius 3 is 2.60 bits per heavy atom. The summed E-state index contributed by atoms with van der Waals surface area (Å²) in [6, 6.07) is 5.60. The molecule has 0 bridgehead atoms. The van der Waals surface area contributed by atoms with E-state index in [9.17, 15) is 14.0 Å². The van der Waals surface area contributed by atoms with Crippen LogP contribution in [-0.4, -0.2) is 42.1 Å². The molecule has 1 saturated heterocycles. The Bertz CT molecular complexity index is 549. The first-order chi connectivity index (χ1) is 9.35. The monoisotopic (exact) mass is 280 g/mol. The molecule has 20 heavy (non-hydrogen) atoms. The zero-order valence-corrected chi connectivity index (χ0v) is 11.5. The Balaban J connectivity index is 2.14. The van der Waals surface area contributed by atoms with Gasteiger partial charge in [-0.15, -0.1) is 0 Å². The zero-order valence-electron chi connectivity index (χ0n) is 11.5. The minimum absolute atomic E-state index is 0.139. The lowest BCUT2D eigenvalue weighted by Crippen LogP contribution is -2.42. The molecule has 2 amide bonds. The van der Waals surface area contributed by atoms with E-state index in [-0.39, 0.29) is 18.3 Å². The van der Waals surface area contributed by atoms with Crippen molar-refractivity contribution >= 4 is 17.7 Å². The summed E-state index contributed by atoms with van der Waals surface area (Å²) in [5, 5.41) is 9.16. The van der Waals surface area contributed by atoms with Gasteiger partial charge in [-0.3, -0.25) is 9.69 Å². The standard InChI is InChI=1S/C14H17FN2O3/c1-14(12(18)19)7-8-17(9-14)13(20)16(2)11-6-4-3-5-10(11)15/h3-6H,7-9H2,1-2H3,(H,18,19). The summed E-state index contributed by atoms with van der Waals surface area (Å²) in [7, 11) is 1.48. The SMILES string of the molecule is CN(C(=O)N1CCC(C)(C(=O)O)C1)c1ccccc1F. The lowest BCUT2D eigenvalue weighted by Gasteiger charge is -2.26. The van der Waals surface area contributed by atoms with E-state index in [1.807, 2.05) is 0 Å². The highest BCUT2D eigenvalue weighted by Gasteiger charge is 2.43. The van der Waals surface area contributed by atoms with Gasteiger partial charge < -0.3 is 10.0 Å². The first kappa shape index (κ1) is 14.3. The van der Waals surface area contributed by atoms with Crippen LogP contribution in [0.4, 0.5) is 14.9 Å². The predicted octanol–water partition coefficient (Wildman–Crippen LogP) is 2.18. The number of rotatable bonds is 2. The molecule has 0 spiro atoms. The molecule has 2 rings (SSSR count). The van der Waals surface area contributed by atoms with Crippen molar-refractivity contribution in [3.63, 3.8) is 0 Å². The van der Waals surface area contributed by atoms with Crippen LogP contribution in [0.3, 0.4) is 0 Å². The van der Waals surface area contributed by atoms with Gasteiger partial charge in [0.15, 0.2) is 0 Å². The molecule has 5 nitrogen and oxygen atoms in total. The molecular weight excluding hydrogens is 263 g/mol. The summed E-state index contributed by atoms with van der Waals surface area (Å²) >= 11 is 0. The largest absolute Gasteiger partial charge is 0.481 e. The number of urea groups is 1. The van der Waals surface area contributed by atoms with Crippen molar-refractivity contribution in [2.45, 2.75) is 13.3 Å². The minimum Gasteiger partial charge on any atom is -0.481 e. The summed E-state index contributed by atoms with van der Waals surface area (Å²) in [5.41, 5.74) is -0.743. The van der Waals surface area contributed by atoms with Gasteiger partial charge in [-0.1, -0.05) is 12.1 Å². The molecule has 1 N–H and O–H groups in total. The van der Waals surface area contributed by atoms with E-state index >= 15 is 0 Å². The van der Waals surface area contributed by atoms with E-state index < -0.39 is 17.2 Å². The van der Waals surface area contributed by atoms with Crippen LogP contribution >= 0.6 is 0 Å². The third kappa shape index (κ3) is 2.45. The van der Waals surface area contributed by atoms with Gasteiger partial charge in [0.05, 0.1) is 11.1 Å². The second kappa shape index (κ2) is 5.11. The Morgan fingerprint density at radius 1 is 1.40 bits per heavy atom. The molecule has 1 fully saturated rings. The number of halogens is 1. The minimum atomic E-state index is -0.925. The molecule has 0 aromatic heterocycles. The van der Waals surface area contributed by atoms with Crippen LogP contribution < -0.4 is 4.90 Å². The first-order valence-electron chi connectivity index (χ1n) is 6.36. The van der Waals surface area contributed by atoms with E-state index in [1.54, 1.807) is 19.1 Å². The number of para-hydroxylation sites is 1. The van der Waals surface area contributed by atoms with Crippen LogP contribution in [0.2, 0.25) is 0 Å². The summed E-state index contributed by atoms with van der Waals surface area (Å²) < 4.78 is 13.7. The third-order valence-corrected chi connectivity index (χ3v) is 3.76. The number of hydrogen-bond donors (Lipinski definition) is 1. The van der Waals surface area contributed by atoms with Crippen molar-refractivity contribution in [2.75, 3.05) is 25.0 Å². The number of amides is 2.